The number of anilines is 1. The second kappa shape index (κ2) is 5.20. The first kappa shape index (κ1) is 13.6. The summed E-state index contributed by atoms with van der Waals surface area (Å²) in [6.45, 7) is 0. The quantitative estimate of drug-likeness (QED) is 0.904. The molecule has 0 saturated heterocycles. The summed E-state index contributed by atoms with van der Waals surface area (Å²) < 4.78 is 32.6. The molecule has 1 aromatic carbocycles. The van der Waals surface area contributed by atoms with Crippen LogP contribution in [0.5, 0.6) is 0 Å². The van der Waals surface area contributed by atoms with Gasteiger partial charge in [0.05, 0.1) is 23.6 Å². The Kier molecular flexibility index (Phi) is 3.37. The summed E-state index contributed by atoms with van der Waals surface area (Å²) in [5.41, 5.74) is 0.358. The van der Waals surface area contributed by atoms with Gasteiger partial charge in [0.1, 0.15) is 17.4 Å². The van der Waals surface area contributed by atoms with Crippen LogP contribution in [0.1, 0.15) is 40.6 Å². The summed E-state index contributed by atoms with van der Waals surface area (Å²) in [7, 11) is 0. The number of nitrogens with one attached hydrogen (secondary N) is 1. The Hall–Kier alpha value is -2.37. The number of carboxylic acids is 1. The van der Waals surface area contributed by atoms with E-state index in [2.05, 4.69) is 5.32 Å². The predicted octanol–water partition coefficient (Wildman–Crippen LogP) is 3.75. The number of carboxylic acid groups (broad SMARTS) is 1. The van der Waals surface area contributed by atoms with E-state index < -0.39 is 23.2 Å². The van der Waals surface area contributed by atoms with Crippen molar-refractivity contribution in [3.8, 4) is 0 Å². The minimum atomic E-state index is -1.43. The molecule has 0 radical (unpaired) electrons. The number of benzene rings is 1. The summed E-state index contributed by atoms with van der Waals surface area (Å²) in [6, 6.07) is 3.21. The Morgan fingerprint density at radius 1 is 1.33 bits per heavy atom. The van der Waals surface area contributed by atoms with Crippen molar-refractivity contribution >= 4 is 11.7 Å². The maximum absolute atomic E-state index is 13.8. The van der Waals surface area contributed by atoms with Crippen molar-refractivity contribution in [3.63, 3.8) is 0 Å². The molecule has 1 aliphatic carbocycles. The van der Waals surface area contributed by atoms with Gasteiger partial charge in [0.15, 0.2) is 0 Å². The number of aromatic carboxylic acids is 1. The number of hydrogen-bond donors (Lipinski definition) is 2. The summed E-state index contributed by atoms with van der Waals surface area (Å²) in [5, 5.41) is 11.9. The van der Waals surface area contributed by atoms with Crippen LogP contribution >= 0.6 is 0 Å². The largest absolute Gasteiger partial charge is 0.478 e. The molecule has 110 valence electrons. The lowest BCUT2D eigenvalue weighted by atomic mass is 9.93. The van der Waals surface area contributed by atoms with E-state index in [9.17, 15) is 13.6 Å². The molecule has 21 heavy (non-hydrogen) atoms. The van der Waals surface area contributed by atoms with Crippen molar-refractivity contribution in [2.24, 2.45) is 0 Å². The van der Waals surface area contributed by atoms with Crippen LogP contribution in [0.3, 0.4) is 0 Å². The Bertz CT molecular complexity index is 696. The van der Waals surface area contributed by atoms with Crippen molar-refractivity contribution < 1.29 is 23.1 Å². The average molecular weight is 293 g/mol. The van der Waals surface area contributed by atoms with E-state index in [1.165, 1.54) is 0 Å². The van der Waals surface area contributed by atoms with Crippen LogP contribution in [0.2, 0.25) is 0 Å². The van der Waals surface area contributed by atoms with Gasteiger partial charge in [-0.05, 0) is 25.0 Å². The van der Waals surface area contributed by atoms with E-state index in [1.54, 1.807) is 6.26 Å². The molecular weight excluding hydrogens is 280 g/mol. The minimum absolute atomic E-state index is 0.0205. The highest BCUT2D eigenvalue weighted by atomic mass is 19.1. The van der Waals surface area contributed by atoms with Crippen LogP contribution in [-0.4, -0.2) is 11.1 Å². The number of hydrogen-bond acceptors (Lipinski definition) is 3. The number of rotatable bonds is 3. The Balaban J connectivity index is 1.93. The van der Waals surface area contributed by atoms with Gasteiger partial charge in [-0.3, -0.25) is 0 Å². The minimum Gasteiger partial charge on any atom is -0.478 e. The molecule has 0 fully saturated rings. The predicted molar refractivity (Wildman–Crippen MR) is 71.3 cm³/mol. The maximum Gasteiger partial charge on any atom is 0.338 e. The van der Waals surface area contributed by atoms with Gasteiger partial charge >= 0.3 is 5.97 Å². The normalized spacial score (nSPS) is 17.3. The summed E-state index contributed by atoms with van der Waals surface area (Å²) >= 11 is 0. The van der Waals surface area contributed by atoms with Crippen LogP contribution in [0, 0.1) is 11.6 Å². The van der Waals surface area contributed by atoms with Gasteiger partial charge in [0, 0.05) is 18.1 Å². The van der Waals surface area contributed by atoms with E-state index >= 15 is 0 Å². The molecule has 0 amide bonds. The zero-order valence-corrected chi connectivity index (χ0v) is 11.0. The molecule has 1 heterocycles. The van der Waals surface area contributed by atoms with E-state index in [4.69, 9.17) is 9.52 Å². The third kappa shape index (κ3) is 2.49. The molecule has 0 aliphatic heterocycles. The van der Waals surface area contributed by atoms with Gasteiger partial charge in [-0.2, -0.15) is 0 Å². The number of carbonyl (C=O) groups is 1. The number of fused-ring (bicyclic) bond motifs is 1. The van der Waals surface area contributed by atoms with Crippen LogP contribution < -0.4 is 5.32 Å². The highest BCUT2D eigenvalue weighted by Gasteiger charge is 2.24. The first-order chi connectivity index (χ1) is 10.1. The molecule has 0 saturated carbocycles. The van der Waals surface area contributed by atoms with Crippen molar-refractivity contribution in [3.05, 3.63) is 53.0 Å². The smallest absolute Gasteiger partial charge is 0.338 e. The van der Waals surface area contributed by atoms with Gasteiger partial charge in [-0.15, -0.1) is 0 Å². The monoisotopic (exact) mass is 293 g/mol. The van der Waals surface area contributed by atoms with Gasteiger partial charge in [0.2, 0.25) is 0 Å². The molecule has 6 heteroatoms. The fourth-order valence-electron chi connectivity index (χ4n) is 2.65. The number of halogens is 2. The van der Waals surface area contributed by atoms with Crippen LogP contribution in [0.25, 0.3) is 0 Å². The average Bonchev–Trinajstić information content (AvgIpc) is 2.90. The van der Waals surface area contributed by atoms with Gasteiger partial charge in [-0.25, -0.2) is 13.6 Å². The van der Waals surface area contributed by atoms with Crippen molar-refractivity contribution in [2.45, 2.75) is 25.3 Å². The topological polar surface area (TPSA) is 62.5 Å². The van der Waals surface area contributed by atoms with E-state index in [0.29, 0.717) is 6.07 Å². The molecule has 1 aromatic heterocycles. The SMILES string of the molecule is O=C(O)c1cc(NC2CCCc3occc32)c(F)cc1F. The van der Waals surface area contributed by atoms with Crippen LogP contribution in [0.4, 0.5) is 14.5 Å². The van der Waals surface area contributed by atoms with Gasteiger partial charge < -0.3 is 14.8 Å². The molecule has 1 aliphatic rings. The van der Waals surface area contributed by atoms with Gasteiger partial charge in [-0.1, -0.05) is 0 Å². The second-order valence-corrected chi connectivity index (χ2v) is 5.01. The molecule has 0 spiro atoms. The Morgan fingerprint density at radius 3 is 2.90 bits per heavy atom. The third-order valence-corrected chi connectivity index (χ3v) is 3.67. The molecule has 0 bridgehead atoms. The molecule has 4 nitrogen and oxygen atoms in total. The molecule has 1 atom stereocenters. The first-order valence-electron chi connectivity index (χ1n) is 6.61. The summed E-state index contributed by atoms with van der Waals surface area (Å²) in [5.74, 6) is -2.48. The summed E-state index contributed by atoms with van der Waals surface area (Å²) in [4.78, 5) is 10.9. The fraction of sp³-hybridized carbons (Fsp3) is 0.267. The third-order valence-electron chi connectivity index (χ3n) is 3.67. The number of aryl methyl sites for hydroxylation is 1. The Morgan fingerprint density at radius 2 is 2.14 bits per heavy atom. The number of furan rings is 1. The van der Waals surface area contributed by atoms with Crippen LogP contribution in [-0.2, 0) is 6.42 Å². The molecule has 2 aromatic rings. The molecule has 1 unspecified atom stereocenters. The molecule has 3 rings (SSSR count). The van der Waals surface area contributed by atoms with Crippen molar-refractivity contribution in [1.82, 2.24) is 0 Å². The molecule has 2 N–H and O–H groups in total. The lowest BCUT2D eigenvalue weighted by Crippen LogP contribution is -2.17. The standard InChI is InChI=1S/C15H13F2NO3/c16-10-7-11(17)13(6-9(10)15(19)20)18-12-2-1-3-14-8(12)4-5-21-14/h4-7,12,18H,1-3H2,(H,19,20). The first-order valence-corrected chi connectivity index (χ1v) is 6.61. The van der Waals surface area contributed by atoms with Crippen molar-refractivity contribution in [1.29, 1.82) is 0 Å². The fourth-order valence-corrected chi connectivity index (χ4v) is 2.65. The zero-order valence-electron chi connectivity index (χ0n) is 11.0. The van der Waals surface area contributed by atoms with E-state index in [-0.39, 0.29) is 11.7 Å². The lowest BCUT2D eigenvalue weighted by molar-refractivity contribution is 0.0692. The van der Waals surface area contributed by atoms with Crippen molar-refractivity contribution in [2.75, 3.05) is 5.32 Å². The second-order valence-electron chi connectivity index (χ2n) is 5.01. The molecular formula is C15H13F2NO3. The van der Waals surface area contributed by atoms with Crippen LogP contribution in [0.15, 0.2) is 28.9 Å². The zero-order chi connectivity index (χ0) is 15.0. The van der Waals surface area contributed by atoms with E-state index in [0.717, 1.165) is 36.7 Å². The van der Waals surface area contributed by atoms with E-state index in [1.807, 2.05) is 6.07 Å². The lowest BCUT2D eigenvalue weighted by Gasteiger charge is -2.24. The summed E-state index contributed by atoms with van der Waals surface area (Å²) in [6.07, 6.45) is 4.06. The Labute approximate surface area is 119 Å². The maximum atomic E-state index is 13.8. The highest BCUT2D eigenvalue weighted by Crippen LogP contribution is 2.34. The van der Waals surface area contributed by atoms with Gasteiger partial charge in [0.25, 0.3) is 0 Å². The highest BCUT2D eigenvalue weighted by molar-refractivity contribution is 5.89.